The average molecular weight is 381 g/mol. The van der Waals surface area contributed by atoms with Gasteiger partial charge in [0.2, 0.25) is 0 Å². The van der Waals surface area contributed by atoms with Gasteiger partial charge in [0.1, 0.15) is 0 Å². The number of hydrogen-bond donors (Lipinski definition) is 0. The van der Waals surface area contributed by atoms with Crippen LogP contribution in [-0.2, 0) is 0 Å². The number of benzene rings is 1. The first-order chi connectivity index (χ1) is 13.2. The summed E-state index contributed by atoms with van der Waals surface area (Å²) in [6.45, 7) is 0.962. The normalized spacial score (nSPS) is 16.5. The molecule has 2 aliphatic heterocycles. The van der Waals surface area contributed by atoms with Gasteiger partial charge in [-0.25, -0.2) is 9.19 Å². The zero-order valence-electron chi connectivity index (χ0n) is 14.2. The highest BCUT2D eigenvalue weighted by molar-refractivity contribution is 7.98. The molecule has 8 nitrogen and oxygen atoms in total. The number of likely N-dealkylation sites (tertiary alicyclic amines) is 1. The molecule has 0 atom stereocenters. The standard InChI is InChI=1S/C18H15N5O3S/c19-11-12-5-8-23(9-6-12)18(24)26-17-22-21-16(25-17)14-3-4-15-13(10-14)2-1-7-20-27-15/h1-4,7,10,12H,5-6,8-9H2. The minimum atomic E-state index is -0.542. The molecule has 1 fully saturated rings. The van der Waals surface area contributed by atoms with Gasteiger partial charge in [-0.2, -0.15) is 5.26 Å². The fourth-order valence-electron chi connectivity index (χ4n) is 2.86. The molecule has 2 aliphatic rings. The third kappa shape index (κ3) is 3.85. The Bertz CT molecular complexity index is 954. The van der Waals surface area contributed by atoms with Gasteiger partial charge in [-0.1, -0.05) is 11.2 Å². The Kier molecular flexibility index (Phi) is 4.89. The molecule has 1 aromatic heterocycles. The Balaban J connectivity index is 1.44. The van der Waals surface area contributed by atoms with E-state index in [0.29, 0.717) is 25.9 Å². The average Bonchev–Trinajstić information content (AvgIpc) is 3.04. The molecule has 0 aliphatic carbocycles. The smallest absolute Gasteiger partial charge is 0.388 e. The summed E-state index contributed by atoms with van der Waals surface area (Å²) < 4.78 is 14.9. The fourth-order valence-corrected chi connectivity index (χ4v) is 3.47. The molecule has 136 valence electrons. The topological polar surface area (TPSA) is 105 Å². The van der Waals surface area contributed by atoms with Crippen molar-refractivity contribution < 1.29 is 13.9 Å². The number of aromatic nitrogens is 2. The van der Waals surface area contributed by atoms with Crippen LogP contribution < -0.4 is 4.74 Å². The van der Waals surface area contributed by atoms with Gasteiger partial charge < -0.3 is 14.1 Å². The maximum absolute atomic E-state index is 12.2. The Labute approximate surface area is 159 Å². The molecule has 9 heteroatoms. The van der Waals surface area contributed by atoms with Crippen molar-refractivity contribution in [3.63, 3.8) is 0 Å². The number of nitriles is 1. The first-order valence-corrected chi connectivity index (χ1v) is 9.21. The van der Waals surface area contributed by atoms with Crippen molar-refractivity contribution in [3.8, 4) is 23.6 Å². The number of nitrogens with zero attached hydrogens (tertiary/aromatic N) is 5. The van der Waals surface area contributed by atoms with Crippen molar-refractivity contribution in [2.45, 2.75) is 17.7 Å². The zero-order valence-corrected chi connectivity index (χ0v) is 15.1. The molecule has 1 aromatic carbocycles. The third-order valence-corrected chi connectivity index (χ3v) is 5.14. The van der Waals surface area contributed by atoms with Gasteiger partial charge in [0.05, 0.1) is 6.07 Å². The second kappa shape index (κ2) is 7.63. The van der Waals surface area contributed by atoms with Crippen LogP contribution >= 0.6 is 11.9 Å². The first kappa shape index (κ1) is 17.3. The van der Waals surface area contributed by atoms with E-state index >= 15 is 0 Å². The van der Waals surface area contributed by atoms with Crippen LogP contribution in [0.15, 0.2) is 38.0 Å². The number of carbonyl (C=O) groups is 1. The molecule has 3 heterocycles. The maximum atomic E-state index is 12.2. The van der Waals surface area contributed by atoms with E-state index in [1.807, 2.05) is 30.4 Å². The molecule has 0 unspecified atom stereocenters. The van der Waals surface area contributed by atoms with Gasteiger partial charge in [0, 0.05) is 47.6 Å². The van der Waals surface area contributed by atoms with Gasteiger partial charge >= 0.3 is 12.2 Å². The third-order valence-electron chi connectivity index (χ3n) is 4.35. The Morgan fingerprint density at radius 1 is 1.33 bits per heavy atom. The van der Waals surface area contributed by atoms with Gasteiger partial charge in [0.25, 0.3) is 5.89 Å². The molecule has 0 N–H and O–H groups in total. The fraction of sp³-hybridized carbons (Fsp3) is 0.278. The Morgan fingerprint density at radius 2 is 2.19 bits per heavy atom. The predicted octanol–water partition coefficient (Wildman–Crippen LogP) is 3.58. The van der Waals surface area contributed by atoms with E-state index in [1.165, 1.54) is 11.9 Å². The van der Waals surface area contributed by atoms with Crippen LogP contribution in [0.5, 0.6) is 6.08 Å². The van der Waals surface area contributed by atoms with E-state index in [-0.39, 0.29) is 17.9 Å². The van der Waals surface area contributed by atoms with Crippen LogP contribution in [0.25, 0.3) is 17.5 Å². The van der Waals surface area contributed by atoms with Gasteiger partial charge in [-0.15, -0.1) is 5.10 Å². The molecular weight excluding hydrogens is 366 g/mol. The van der Waals surface area contributed by atoms with Crippen molar-refractivity contribution in [1.29, 1.82) is 5.26 Å². The lowest BCUT2D eigenvalue weighted by molar-refractivity contribution is 0.125. The van der Waals surface area contributed by atoms with Crippen molar-refractivity contribution in [3.05, 3.63) is 29.8 Å². The minimum absolute atomic E-state index is 0.00474. The van der Waals surface area contributed by atoms with E-state index in [1.54, 1.807) is 11.1 Å². The largest absolute Gasteiger partial charge is 0.424 e. The van der Waals surface area contributed by atoms with Crippen molar-refractivity contribution in [2.24, 2.45) is 10.3 Å². The number of amides is 1. The number of piperidine rings is 1. The lowest BCUT2D eigenvalue weighted by Gasteiger charge is -2.27. The van der Waals surface area contributed by atoms with Crippen molar-refractivity contribution in [1.82, 2.24) is 15.1 Å². The van der Waals surface area contributed by atoms with Gasteiger partial charge in [-0.3, -0.25) is 0 Å². The highest BCUT2D eigenvalue weighted by Crippen LogP contribution is 2.31. The molecule has 1 amide bonds. The van der Waals surface area contributed by atoms with E-state index < -0.39 is 6.09 Å². The molecular formula is C18H15N5O3S. The molecule has 0 radical (unpaired) electrons. The summed E-state index contributed by atoms with van der Waals surface area (Å²) in [7, 11) is 0. The van der Waals surface area contributed by atoms with Crippen molar-refractivity contribution in [2.75, 3.05) is 13.1 Å². The predicted molar refractivity (Wildman–Crippen MR) is 99.1 cm³/mol. The quantitative estimate of drug-likeness (QED) is 0.732. The second-order valence-corrected chi connectivity index (χ2v) is 6.92. The summed E-state index contributed by atoms with van der Waals surface area (Å²) in [5.74, 6) is 0.266. The zero-order chi connectivity index (χ0) is 18.6. The van der Waals surface area contributed by atoms with Crippen LogP contribution in [0.3, 0.4) is 0 Å². The Morgan fingerprint density at radius 3 is 3.00 bits per heavy atom. The first-order valence-electron chi connectivity index (χ1n) is 8.44. The van der Waals surface area contributed by atoms with E-state index in [4.69, 9.17) is 14.4 Å². The molecule has 4 rings (SSSR count). The molecule has 0 spiro atoms. The lowest BCUT2D eigenvalue weighted by Crippen LogP contribution is -2.39. The van der Waals surface area contributed by atoms with Crippen LogP contribution in [0, 0.1) is 17.2 Å². The van der Waals surface area contributed by atoms with Crippen LogP contribution in [0.2, 0.25) is 0 Å². The van der Waals surface area contributed by atoms with Gasteiger partial charge in [-0.05, 0) is 42.7 Å². The molecule has 0 bridgehead atoms. The number of fused-ring (bicyclic) bond motifs is 1. The lowest BCUT2D eigenvalue weighted by atomic mass is 9.99. The second-order valence-electron chi connectivity index (χ2n) is 6.09. The molecule has 2 aromatic rings. The SMILES string of the molecule is N#CC1CCN(C(=O)Oc2nnc(-c3ccc4c(c3)C=CC=NS4)o2)CC1. The summed E-state index contributed by atoms with van der Waals surface area (Å²) in [6, 6.07) is 7.92. The van der Waals surface area contributed by atoms with E-state index in [2.05, 4.69) is 20.7 Å². The highest BCUT2D eigenvalue weighted by Gasteiger charge is 2.25. The number of hydrogen-bond acceptors (Lipinski definition) is 8. The van der Waals surface area contributed by atoms with Gasteiger partial charge in [0.15, 0.2) is 0 Å². The number of ether oxygens (including phenoxy) is 1. The van der Waals surface area contributed by atoms with Crippen LogP contribution in [-0.4, -0.2) is 40.5 Å². The number of carbonyl (C=O) groups excluding carboxylic acids is 1. The summed E-state index contributed by atoms with van der Waals surface area (Å²) in [4.78, 5) is 14.8. The molecule has 27 heavy (non-hydrogen) atoms. The van der Waals surface area contributed by atoms with E-state index in [0.717, 1.165) is 16.0 Å². The summed E-state index contributed by atoms with van der Waals surface area (Å²) in [5, 5.41) is 16.7. The van der Waals surface area contributed by atoms with Crippen molar-refractivity contribution >= 4 is 30.3 Å². The number of allylic oxidation sites excluding steroid dienone is 1. The minimum Gasteiger partial charge on any atom is -0.388 e. The molecule has 1 saturated heterocycles. The van der Waals surface area contributed by atoms with Crippen LogP contribution in [0.1, 0.15) is 18.4 Å². The highest BCUT2D eigenvalue weighted by atomic mass is 32.2. The number of rotatable bonds is 2. The summed E-state index contributed by atoms with van der Waals surface area (Å²) in [5.41, 5.74) is 1.72. The van der Waals surface area contributed by atoms with E-state index in [9.17, 15) is 4.79 Å². The monoisotopic (exact) mass is 381 g/mol. The Hall–Kier alpha value is -3.12. The summed E-state index contributed by atoms with van der Waals surface area (Å²) in [6.07, 6.45) is 6.09. The maximum Gasteiger partial charge on any atom is 0.424 e. The molecule has 0 saturated carbocycles. The summed E-state index contributed by atoms with van der Waals surface area (Å²) >= 11 is 1.39. The van der Waals surface area contributed by atoms with Crippen LogP contribution in [0.4, 0.5) is 4.79 Å².